The highest BCUT2D eigenvalue weighted by Crippen LogP contribution is 2.45. The predicted molar refractivity (Wildman–Crippen MR) is 194 cm³/mol. The smallest absolute Gasteiger partial charge is 0.290 e. The summed E-state index contributed by atoms with van der Waals surface area (Å²) in [5.41, 5.74) is -0.926. The van der Waals surface area contributed by atoms with Crippen LogP contribution in [0.5, 0.6) is 0 Å². The Morgan fingerprint density at radius 3 is 2.35 bits per heavy atom. The van der Waals surface area contributed by atoms with Crippen molar-refractivity contribution >= 4 is 44.3 Å². The van der Waals surface area contributed by atoms with E-state index in [0.29, 0.717) is 27.4 Å². The van der Waals surface area contributed by atoms with Gasteiger partial charge >= 0.3 is 0 Å². The van der Waals surface area contributed by atoms with Crippen molar-refractivity contribution in [2.24, 2.45) is 12.5 Å². The first kappa shape index (κ1) is 39.6. The molecular weight excluding hydrogens is 772 g/mol. The molecule has 0 radical (unpaired) electrons. The quantitative estimate of drug-likeness (QED) is 0.111. The second-order valence-corrected chi connectivity index (χ2v) is 16.4. The summed E-state index contributed by atoms with van der Waals surface area (Å²) in [4.78, 5) is 18.6. The van der Waals surface area contributed by atoms with Gasteiger partial charge in [-0.05, 0) is 75.4 Å². The zero-order chi connectivity index (χ0) is 40.2. The van der Waals surface area contributed by atoms with Gasteiger partial charge in [0.1, 0.15) is 35.3 Å². The van der Waals surface area contributed by atoms with E-state index >= 15 is 0 Å². The zero-order valence-corrected chi connectivity index (χ0v) is 31.6. The number of fused-ring (bicyclic) bond motifs is 2. The minimum Gasteiger partial charge on any atom is -0.346 e. The Balaban J connectivity index is 1.54. The number of rotatable bonds is 10. The van der Waals surface area contributed by atoms with Crippen LogP contribution in [0.25, 0.3) is 22.0 Å². The summed E-state index contributed by atoms with van der Waals surface area (Å²) in [6.45, 7) is 4.73. The minimum atomic E-state index is -3.81. The molecule has 3 heterocycles. The molecule has 290 valence electrons. The fraction of sp³-hybridized carbons (Fsp3) is 0.351. The Hall–Kier alpha value is -5.08. The SMILES string of the molecule is Cn1nc(NS(C)(=O)=O)c2c(Cl)ccc(-c3ccc(C#CC(C)(C)C)nc3C(Cc3cc(F)cc(F)c3)NC(=O)Cn3nc(C(F)F)c4c3C(F)(F)CC4)c21. The molecule has 2 aromatic carbocycles. The van der Waals surface area contributed by atoms with Crippen LogP contribution >= 0.6 is 11.6 Å². The monoisotopic (exact) mass is 805 g/mol. The Bertz CT molecular complexity index is 2500. The van der Waals surface area contributed by atoms with E-state index < -0.39 is 75.7 Å². The van der Waals surface area contributed by atoms with Gasteiger partial charge in [0.15, 0.2) is 5.82 Å². The van der Waals surface area contributed by atoms with Crippen LogP contribution in [0.15, 0.2) is 42.5 Å². The maximum atomic E-state index is 15.0. The third-order valence-corrected chi connectivity index (χ3v) is 9.52. The molecule has 1 aliphatic rings. The summed E-state index contributed by atoms with van der Waals surface area (Å²) in [5, 5.41) is 11.1. The number of hydrogen-bond acceptors (Lipinski definition) is 6. The molecule has 55 heavy (non-hydrogen) atoms. The maximum absolute atomic E-state index is 15.0. The van der Waals surface area contributed by atoms with Crippen molar-refractivity contribution in [3.63, 3.8) is 0 Å². The van der Waals surface area contributed by atoms with E-state index in [1.165, 1.54) is 10.7 Å². The van der Waals surface area contributed by atoms with Crippen LogP contribution in [-0.2, 0) is 47.2 Å². The zero-order valence-electron chi connectivity index (χ0n) is 30.0. The summed E-state index contributed by atoms with van der Waals surface area (Å²) >= 11 is 6.58. The molecule has 3 aromatic heterocycles. The molecule has 10 nitrogen and oxygen atoms in total. The predicted octanol–water partition coefficient (Wildman–Crippen LogP) is 7.61. The Labute approximate surface area is 317 Å². The second-order valence-electron chi connectivity index (χ2n) is 14.3. The number of sulfonamides is 1. The topological polar surface area (TPSA) is 124 Å². The molecule has 0 fully saturated rings. The van der Waals surface area contributed by atoms with Crippen LogP contribution in [0.2, 0.25) is 5.02 Å². The number of amides is 1. The van der Waals surface area contributed by atoms with Crippen molar-refractivity contribution in [2.45, 2.75) is 65.0 Å². The number of carbonyl (C=O) groups is 1. The molecule has 1 unspecified atom stereocenters. The van der Waals surface area contributed by atoms with Gasteiger partial charge in [-0.1, -0.05) is 23.6 Å². The van der Waals surface area contributed by atoms with Crippen molar-refractivity contribution in [1.29, 1.82) is 0 Å². The number of nitrogens with one attached hydrogen (secondary N) is 2. The fourth-order valence-corrected chi connectivity index (χ4v) is 7.29. The molecule has 1 aliphatic carbocycles. The van der Waals surface area contributed by atoms with E-state index in [2.05, 4.69) is 32.1 Å². The standard InChI is InChI=1S/C37H34ClF6N7O3S/c1-36(2,3)12-10-22-6-7-23(24-8-9-26(38)29-32(24)50(4)48-35(29)49-55(5,53)54)30(45-22)27(16-19-14-20(39)17-21(40)15-19)46-28(52)18-51-33-25(11-13-37(33,43)44)31(47-51)34(41)42/h6-9,14-15,17,27,34H,11,13,16,18H2,1-5H3,(H,46,52)(H,48,49). The van der Waals surface area contributed by atoms with Gasteiger partial charge in [0, 0.05) is 41.6 Å². The third-order valence-electron chi connectivity index (χ3n) is 8.64. The van der Waals surface area contributed by atoms with E-state index in [1.54, 1.807) is 25.2 Å². The molecular formula is C37H34ClF6N7O3S. The molecule has 0 aliphatic heterocycles. The number of benzene rings is 2. The number of anilines is 1. The van der Waals surface area contributed by atoms with Crippen LogP contribution in [0.4, 0.5) is 32.2 Å². The lowest BCUT2D eigenvalue weighted by Gasteiger charge is -2.23. The van der Waals surface area contributed by atoms with E-state index in [4.69, 9.17) is 16.6 Å². The van der Waals surface area contributed by atoms with Gasteiger partial charge in [-0.25, -0.2) is 31.0 Å². The lowest BCUT2D eigenvalue weighted by molar-refractivity contribution is -0.122. The number of pyridine rings is 1. The van der Waals surface area contributed by atoms with Gasteiger partial charge in [-0.2, -0.15) is 19.0 Å². The van der Waals surface area contributed by atoms with Crippen molar-refractivity contribution in [1.82, 2.24) is 29.9 Å². The summed E-state index contributed by atoms with van der Waals surface area (Å²) in [6.07, 6.45) is -3.59. The number of aryl methyl sites for hydroxylation is 1. The van der Waals surface area contributed by atoms with Crippen LogP contribution in [0.1, 0.15) is 73.6 Å². The first-order valence-electron chi connectivity index (χ1n) is 16.8. The number of halogens is 7. The maximum Gasteiger partial charge on any atom is 0.290 e. The van der Waals surface area contributed by atoms with Crippen LogP contribution in [-0.4, -0.2) is 45.1 Å². The second kappa shape index (κ2) is 14.5. The molecule has 6 rings (SSSR count). The molecule has 1 amide bonds. The highest BCUT2D eigenvalue weighted by molar-refractivity contribution is 7.92. The van der Waals surface area contributed by atoms with Crippen LogP contribution in [0.3, 0.4) is 0 Å². The molecule has 0 spiro atoms. The molecule has 0 saturated carbocycles. The van der Waals surface area contributed by atoms with E-state index in [1.807, 2.05) is 20.8 Å². The van der Waals surface area contributed by atoms with Crippen molar-refractivity contribution in [3.8, 4) is 23.0 Å². The van der Waals surface area contributed by atoms with Crippen LogP contribution in [0, 0.1) is 28.9 Å². The molecule has 0 saturated heterocycles. The highest BCUT2D eigenvalue weighted by atomic mass is 35.5. The lowest BCUT2D eigenvalue weighted by atomic mass is 9.93. The molecule has 1 atom stereocenters. The first-order valence-corrected chi connectivity index (χ1v) is 19.0. The molecule has 2 N–H and O–H groups in total. The normalized spacial score (nSPS) is 14.5. The van der Waals surface area contributed by atoms with E-state index in [-0.39, 0.29) is 51.6 Å². The number of aromatic nitrogens is 5. The van der Waals surface area contributed by atoms with Gasteiger partial charge in [0.05, 0.1) is 33.9 Å². The van der Waals surface area contributed by atoms with Gasteiger partial charge in [-0.15, -0.1) is 0 Å². The van der Waals surface area contributed by atoms with Crippen molar-refractivity contribution in [3.05, 3.63) is 93.0 Å². The fourth-order valence-electron chi connectivity index (χ4n) is 6.55. The van der Waals surface area contributed by atoms with Gasteiger partial charge in [0.2, 0.25) is 15.9 Å². The average molecular weight is 806 g/mol. The first-order chi connectivity index (χ1) is 25.6. The van der Waals surface area contributed by atoms with E-state index in [0.717, 1.165) is 18.4 Å². The molecule has 18 heteroatoms. The molecule has 5 aromatic rings. The largest absolute Gasteiger partial charge is 0.346 e. The third kappa shape index (κ3) is 8.60. The number of carbonyl (C=O) groups excluding carboxylic acids is 1. The lowest BCUT2D eigenvalue weighted by Crippen LogP contribution is -2.35. The summed E-state index contributed by atoms with van der Waals surface area (Å²) in [6, 6.07) is 7.85. The minimum absolute atomic E-state index is 0.0687. The summed E-state index contributed by atoms with van der Waals surface area (Å²) < 4.78 is 115. The van der Waals surface area contributed by atoms with Gasteiger partial charge in [-0.3, -0.25) is 18.9 Å². The highest BCUT2D eigenvalue weighted by Gasteiger charge is 2.46. The number of nitrogens with zero attached hydrogens (tertiary/aromatic N) is 5. The summed E-state index contributed by atoms with van der Waals surface area (Å²) in [5.74, 6) is -0.283. The van der Waals surface area contributed by atoms with E-state index in [9.17, 15) is 39.6 Å². The van der Waals surface area contributed by atoms with Gasteiger partial charge < -0.3 is 5.32 Å². The average Bonchev–Trinajstić information content (AvgIpc) is 3.69. The Kier molecular flexibility index (Phi) is 10.5. The van der Waals surface area contributed by atoms with Crippen molar-refractivity contribution in [2.75, 3.05) is 11.0 Å². The Morgan fingerprint density at radius 2 is 1.71 bits per heavy atom. The number of hydrogen-bond donors (Lipinski definition) is 2. The van der Waals surface area contributed by atoms with Gasteiger partial charge in [0.25, 0.3) is 12.3 Å². The number of alkyl halides is 4. The molecule has 0 bridgehead atoms. The Morgan fingerprint density at radius 1 is 1.04 bits per heavy atom. The van der Waals surface area contributed by atoms with Crippen LogP contribution < -0.4 is 10.0 Å². The summed E-state index contributed by atoms with van der Waals surface area (Å²) in [7, 11) is -2.26. The van der Waals surface area contributed by atoms with Crippen molar-refractivity contribution < 1.29 is 39.6 Å².